The molecule has 2 rings (SSSR count). The maximum atomic E-state index is 12.3. The van der Waals surface area contributed by atoms with Crippen LogP contribution in [0.4, 0.5) is 0 Å². The van der Waals surface area contributed by atoms with E-state index in [9.17, 15) is 4.79 Å². The Labute approximate surface area is 138 Å². The summed E-state index contributed by atoms with van der Waals surface area (Å²) in [7, 11) is 1.66. The summed E-state index contributed by atoms with van der Waals surface area (Å²) in [6.07, 6.45) is 0.497. The molecule has 23 heavy (non-hydrogen) atoms. The maximum Gasteiger partial charge on any atom is 0.220 e. The monoisotopic (exact) mass is 311 g/mol. The number of carbonyl (C=O) groups excluding carboxylic acids is 1. The zero-order valence-corrected chi connectivity index (χ0v) is 14.1. The summed E-state index contributed by atoms with van der Waals surface area (Å²) < 4.78 is 5.20. The number of hydrogen-bond donors (Lipinski definition) is 1. The molecule has 0 saturated carbocycles. The van der Waals surface area contributed by atoms with Crippen LogP contribution in [0.1, 0.15) is 37.3 Å². The Hall–Kier alpha value is -2.29. The average Bonchev–Trinajstić information content (AvgIpc) is 2.58. The summed E-state index contributed by atoms with van der Waals surface area (Å²) in [5.41, 5.74) is 2.29. The highest BCUT2D eigenvalue weighted by atomic mass is 16.5. The fourth-order valence-corrected chi connectivity index (χ4v) is 2.66. The van der Waals surface area contributed by atoms with E-state index in [0.29, 0.717) is 18.9 Å². The molecule has 0 bridgehead atoms. The first-order valence-corrected chi connectivity index (χ1v) is 8.04. The van der Waals surface area contributed by atoms with Gasteiger partial charge < -0.3 is 10.1 Å². The van der Waals surface area contributed by atoms with Gasteiger partial charge in [-0.25, -0.2) is 0 Å². The molecule has 1 atom stereocenters. The SMILES string of the molecule is COc1ccc([C@H](CC(=O)NCc2ccccc2)C(C)C)cc1. The first-order valence-electron chi connectivity index (χ1n) is 8.04. The molecule has 0 fully saturated rings. The van der Waals surface area contributed by atoms with Crippen LogP contribution in [-0.4, -0.2) is 13.0 Å². The van der Waals surface area contributed by atoms with Crippen molar-refractivity contribution < 1.29 is 9.53 Å². The van der Waals surface area contributed by atoms with Crippen molar-refractivity contribution in [2.24, 2.45) is 5.92 Å². The van der Waals surface area contributed by atoms with E-state index in [1.165, 1.54) is 5.56 Å². The lowest BCUT2D eigenvalue weighted by molar-refractivity contribution is -0.121. The highest BCUT2D eigenvalue weighted by Crippen LogP contribution is 2.29. The molecule has 0 aliphatic carbocycles. The first kappa shape index (κ1) is 17.1. The molecule has 3 heteroatoms. The Bertz CT molecular complexity index is 605. The zero-order valence-electron chi connectivity index (χ0n) is 14.1. The third-order valence-electron chi connectivity index (χ3n) is 4.09. The van der Waals surface area contributed by atoms with Gasteiger partial charge in [0, 0.05) is 13.0 Å². The van der Waals surface area contributed by atoms with Crippen LogP contribution in [0.5, 0.6) is 5.75 Å². The van der Waals surface area contributed by atoms with Gasteiger partial charge in [0.25, 0.3) is 0 Å². The predicted molar refractivity (Wildman–Crippen MR) is 93.5 cm³/mol. The fraction of sp³-hybridized carbons (Fsp3) is 0.350. The number of hydrogen-bond acceptors (Lipinski definition) is 2. The minimum atomic E-state index is 0.0865. The second kappa shape index (κ2) is 8.37. The van der Waals surface area contributed by atoms with E-state index >= 15 is 0 Å². The minimum Gasteiger partial charge on any atom is -0.497 e. The lowest BCUT2D eigenvalue weighted by Crippen LogP contribution is -2.26. The molecule has 122 valence electrons. The summed E-state index contributed by atoms with van der Waals surface area (Å²) >= 11 is 0. The Morgan fingerprint density at radius 2 is 1.70 bits per heavy atom. The summed E-state index contributed by atoms with van der Waals surface area (Å²) in [6.45, 7) is 4.88. The lowest BCUT2D eigenvalue weighted by Gasteiger charge is -2.21. The molecule has 0 aliphatic heterocycles. The van der Waals surface area contributed by atoms with E-state index < -0.39 is 0 Å². The molecular formula is C20H25NO2. The van der Waals surface area contributed by atoms with Crippen molar-refractivity contribution >= 4 is 5.91 Å². The van der Waals surface area contributed by atoms with Crippen molar-refractivity contribution in [2.45, 2.75) is 32.7 Å². The van der Waals surface area contributed by atoms with Crippen LogP contribution in [0.3, 0.4) is 0 Å². The van der Waals surface area contributed by atoms with Crippen molar-refractivity contribution in [1.82, 2.24) is 5.32 Å². The second-order valence-corrected chi connectivity index (χ2v) is 6.09. The van der Waals surface area contributed by atoms with Crippen LogP contribution < -0.4 is 10.1 Å². The number of amides is 1. The van der Waals surface area contributed by atoms with E-state index in [-0.39, 0.29) is 11.8 Å². The summed E-state index contributed by atoms with van der Waals surface area (Å²) in [5, 5.41) is 3.01. The van der Waals surface area contributed by atoms with Gasteiger partial charge in [-0.05, 0) is 35.1 Å². The van der Waals surface area contributed by atoms with Gasteiger partial charge in [-0.3, -0.25) is 4.79 Å². The van der Waals surface area contributed by atoms with Crippen molar-refractivity contribution in [3.05, 3.63) is 65.7 Å². The minimum absolute atomic E-state index is 0.0865. The molecule has 0 saturated heterocycles. The van der Waals surface area contributed by atoms with Crippen molar-refractivity contribution in [1.29, 1.82) is 0 Å². The summed E-state index contributed by atoms with van der Waals surface area (Å²) in [6, 6.07) is 18.0. The first-order chi connectivity index (χ1) is 11.1. The molecular weight excluding hydrogens is 286 g/mol. The third kappa shape index (κ3) is 5.13. The van der Waals surface area contributed by atoms with Gasteiger partial charge in [0.05, 0.1) is 7.11 Å². The van der Waals surface area contributed by atoms with Gasteiger partial charge in [0.15, 0.2) is 0 Å². The predicted octanol–water partition coefficient (Wildman–Crippen LogP) is 4.14. The molecule has 0 spiro atoms. The van der Waals surface area contributed by atoms with Crippen LogP contribution in [-0.2, 0) is 11.3 Å². The molecule has 0 aromatic heterocycles. The van der Waals surface area contributed by atoms with E-state index in [2.05, 4.69) is 19.2 Å². The van der Waals surface area contributed by atoms with E-state index in [1.54, 1.807) is 7.11 Å². The van der Waals surface area contributed by atoms with Gasteiger partial charge in [0.1, 0.15) is 5.75 Å². The van der Waals surface area contributed by atoms with E-state index in [4.69, 9.17) is 4.74 Å². The Kier molecular flexibility index (Phi) is 6.21. The zero-order chi connectivity index (χ0) is 16.7. The van der Waals surface area contributed by atoms with E-state index in [1.807, 2.05) is 54.6 Å². The normalized spacial score (nSPS) is 12.0. The highest BCUT2D eigenvalue weighted by molar-refractivity contribution is 5.76. The van der Waals surface area contributed by atoms with Crippen molar-refractivity contribution in [3.63, 3.8) is 0 Å². The number of benzene rings is 2. The molecule has 0 unspecified atom stereocenters. The van der Waals surface area contributed by atoms with Gasteiger partial charge >= 0.3 is 0 Å². The Morgan fingerprint density at radius 1 is 1.04 bits per heavy atom. The number of methoxy groups -OCH3 is 1. The van der Waals surface area contributed by atoms with Crippen LogP contribution in [0.15, 0.2) is 54.6 Å². The lowest BCUT2D eigenvalue weighted by atomic mass is 9.85. The fourth-order valence-electron chi connectivity index (χ4n) is 2.66. The molecule has 0 heterocycles. The third-order valence-corrected chi connectivity index (χ3v) is 4.09. The van der Waals surface area contributed by atoms with Crippen LogP contribution in [0, 0.1) is 5.92 Å². The van der Waals surface area contributed by atoms with E-state index in [0.717, 1.165) is 11.3 Å². The molecule has 1 amide bonds. The molecule has 2 aromatic carbocycles. The molecule has 0 aliphatic rings. The summed E-state index contributed by atoms with van der Waals surface area (Å²) in [4.78, 5) is 12.3. The second-order valence-electron chi connectivity index (χ2n) is 6.09. The van der Waals surface area contributed by atoms with Crippen LogP contribution in [0.2, 0.25) is 0 Å². The van der Waals surface area contributed by atoms with Gasteiger partial charge in [-0.2, -0.15) is 0 Å². The van der Waals surface area contributed by atoms with Gasteiger partial charge in [-0.1, -0.05) is 56.3 Å². The largest absolute Gasteiger partial charge is 0.497 e. The topological polar surface area (TPSA) is 38.3 Å². The molecule has 3 nitrogen and oxygen atoms in total. The molecule has 0 radical (unpaired) electrons. The van der Waals surface area contributed by atoms with Crippen LogP contribution in [0.25, 0.3) is 0 Å². The van der Waals surface area contributed by atoms with Gasteiger partial charge in [0.2, 0.25) is 5.91 Å². The number of carbonyl (C=O) groups is 1. The standard InChI is InChI=1S/C20H25NO2/c1-15(2)19(17-9-11-18(23-3)12-10-17)13-20(22)21-14-16-7-5-4-6-8-16/h4-12,15,19H,13-14H2,1-3H3,(H,21,22)/t19-/m1/s1. The molecule has 1 N–H and O–H groups in total. The number of rotatable bonds is 7. The smallest absolute Gasteiger partial charge is 0.220 e. The quantitative estimate of drug-likeness (QED) is 0.834. The van der Waals surface area contributed by atoms with Crippen molar-refractivity contribution in [3.8, 4) is 5.75 Å². The van der Waals surface area contributed by atoms with Crippen molar-refractivity contribution in [2.75, 3.05) is 7.11 Å². The molecule has 2 aromatic rings. The maximum absolute atomic E-state index is 12.3. The Balaban J connectivity index is 1.96. The Morgan fingerprint density at radius 3 is 2.26 bits per heavy atom. The number of nitrogens with one attached hydrogen (secondary N) is 1. The average molecular weight is 311 g/mol. The highest BCUT2D eigenvalue weighted by Gasteiger charge is 2.19. The van der Waals surface area contributed by atoms with Gasteiger partial charge in [-0.15, -0.1) is 0 Å². The van der Waals surface area contributed by atoms with Crippen LogP contribution >= 0.6 is 0 Å². The summed E-state index contributed by atoms with van der Waals surface area (Å²) in [5.74, 6) is 1.52. The number of ether oxygens (including phenoxy) is 1.